The molecule has 0 radical (unpaired) electrons. The van der Waals surface area contributed by atoms with Gasteiger partial charge < -0.3 is 30.1 Å². The Morgan fingerprint density at radius 2 is 1.92 bits per heavy atom. The molecule has 3 amide bonds. The van der Waals surface area contributed by atoms with E-state index in [1.165, 1.54) is 11.4 Å². The monoisotopic (exact) mass is 534 g/mol. The first-order chi connectivity index (χ1) is 17.4. The van der Waals surface area contributed by atoms with Crippen molar-refractivity contribution in [3.05, 3.63) is 48.0 Å². The standard InChI is InChI=1S/C25H34N4O7S/c1-16-13-29(17(2)15-30)24(31)20-7-6-8-21(23(20)36-22(16)14-28(3)37(5,33)34)27-25(32)26-18-9-11-19(35-4)12-10-18/h6-12,16-17,22,30H,13-15H2,1-5H3,(H2,26,27,32)/t16-,17-,22-/m1/s1. The Morgan fingerprint density at radius 1 is 1.24 bits per heavy atom. The Kier molecular flexibility index (Phi) is 9.00. The molecule has 0 aliphatic carbocycles. The Labute approximate surface area is 217 Å². The van der Waals surface area contributed by atoms with E-state index in [4.69, 9.17) is 9.47 Å². The first-order valence-corrected chi connectivity index (χ1v) is 13.6. The van der Waals surface area contributed by atoms with Crippen molar-refractivity contribution in [3.8, 4) is 11.5 Å². The van der Waals surface area contributed by atoms with Crippen molar-refractivity contribution in [2.75, 3.05) is 50.7 Å². The Balaban J connectivity index is 1.97. The van der Waals surface area contributed by atoms with Gasteiger partial charge in [-0.05, 0) is 43.3 Å². The number of carbonyl (C=O) groups excluding carboxylic acids is 2. The highest BCUT2D eigenvalue weighted by Gasteiger charge is 2.35. The molecule has 0 aromatic heterocycles. The van der Waals surface area contributed by atoms with Crippen molar-refractivity contribution in [3.63, 3.8) is 0 Å². The number of benzene rings is 2. The average molecular weight is 535 g/mol. The Bertz CT molecular complexity index is 1220. The van der Waals surface area contributed by atoms with Gasteiger partial charge in [0.2, 0.25) is 10.0 Å². The average Bonchev–Trinajstić information content (AvgIpc) is 2.85. The van der Waals surface area contributed by atoms with Gasteiger partial charge in [-0.15, -0.1) is 0 Å². The van der Waals surface area contributed by atoms with Crippen LogP contribution in [0.1, 0.15) is 24.2 Å². The smallest absolute Gasteiger partial charge is 0.323 e. The maximum atomic E-state index is 13.5. The second-order valence-corrected chi connectivity index (χ2v) is 11.2. The van der Waals surface area contributed by atoms with Crippen molar-refractivity contribution in [1.82, 2.24) is 9.21 Å². The summed E-state index contributed by atoms with van der Waals surface area (Å²) in [4.78, 5) is 27.9. The fourth-order valence-electron chi connectivity index (χ4n) is 3.91. The SMILES string of the molecule is COc1ccc(NC(=O)Nc2cccc3c2O[C@H](CN(C)S(C)(=O)=O)[C@H](C)CN([C@H](C)CO)C3=O)cc1. The van der Waals surface area contributed by atoms with Crippen molar-refractivity contribution in [2.24, 2.45) is 5.92 Å². The minimum absolute atomic E-state index is 0.0291. The zero-order valence-electron chi connectivity index (χ0n) is 21.6. The Hall–Kier alpha value is -3.35. The van der Waals surface area contributed by atoms with Gasteiger partial charge in [-0.25, -0.2) is 17.5 Å². The molecule has 0 fully saturated rings. The lowest BCUT2D eigenvalue weighted by molar-refractivity contribution is 0.0389. The van der Waals surface area contributed by atoms with E-state index in [2.05, 4.69) is 10.6 Å². The van der Waals surface area contributed by atoms with Gasteiger partial charge in [-0.1, -0.05) is 13.0 Å². The summed E-state index contributed by atoms with van der Waals surface area (Å²) in [6.07, 6.45) is 0.460. The number of hydrogen-bond acceptors (Lipinski definition) is 7. The number of methoxy groups -OCH3 is 1. The summed E-state index contributed by atoms with van der Waals surface area (Å²) in [5, 5.41) is 15.2. The number of amides is 3. The molecule has 11 nitrogen and oxygen atoms in total. The van der Waals surface area contributed by atoms with E-state index in [9.17, 15) is 23.1 Å². The minimum Gasteiger partial charge on any atom is -0.497 e. The summed E-state index contributed by atoms with van der Waals surface area (Å²) in [6, 6.07) is 10.5. The Morgan fingerprint density at radius 3 is 2.51 bits per heavy atom. The van der Waals surface area contributed by atoms with Gasteiger partial charge in [0.1, 0.15) is 11.9 Å². The number of sulfonamides is 1. The molecule has 1 heterocycles. The summed E-state index contributed by atoms with van der Waals surface area (Å²) >= 11 is 0. The highest BCUT2D eigenvalue weighted by molar-refractivity contribution is 7.88. The van der Waals surface area contributed by atoms with Gasteiger partial charge in [0.05, 0.1) is 43.8 Å². The van der Waals surface area contributed by atoms with Crippen molar-refractivity contribution >= 4 is 33.3 Å². The highest BCUT2D eigenvalue weighted by atomic mass is 32.2. The first kappa shape index (κ1) is 28.2. The van der Waals surface area contributed by atoms with Gasteiger partial charge in [0.25, 0.3) is 5.91 Å². The molecular weight excluding hydrogens is 500 g/mol. The van der Waals surface area contributed by atoms with Crippen LogP contribution in [-0.4, -0.2) is 86.9 Å². The van der Waals surface area contributed by atoms with Crippen LogP contribution in [0.4, 0.5) is 16.2 Å². The molecule has 202 valence electrons. The van der Waals surface area contributed by atoms with Gasteiger partial charge in [-0.3, -0.25) is 4.79 Å². The van der Waals surface area contributed by atoms with E-state index in [1.54, 1.807) is 61.4 Å². The molecule has 0 unspecified atom stereocenters. The maximum absolute atomic E-state index is 13.5. The predicted octanol–water partition coefficient (Wildman–Crippen LogP) is 2.45. The molecule has 37 heavy (non-hydrogen) atoms. The third-order valence-corrected chi connectivity index (χ3v) is 7.57. The van der Waals surface area contributed by atoms with Gasteiger partial charge >= 0.3 is 6.03 Å². The predicted molar refractivity (Wildman–Crippen MR) is 141 cm³/mol. The molecule has 0 saturated heterocycles. The largest absolute Gasteiger partial charge is 0.497 e. The van der Waals surface area contributed by atoms with Gasteiger partial charge in [0, 0.05) is 25.2 Å². The summed E-state index contributed by atoms with van der Waals surface area (Å²) in [5.74, 6) is 0.114. The zero-order chi connectivity index (χ0) is 27.3. The lowest BCUT2D eigenvalue weighted by Crippen LogP contribution is -2.50. The molecule has 0 bridgehead atoms. The fraction of sp³-hybridized carbons (Fsp3) is 0.440. The fourth-order valence-corrected chi connectivity index (χ4v) is 4.33. The molecule has 12 heteroatoms. The molecule has 1 aliphatic rings. The quantitative estimate of drug-likeness (QED) is 0.473. The van der Waals surface area contributed by atoms with E-state index in [-0.39, 0.29) is 48.5 Å². The molecule has 3 rings (SSSR count). The summed E-state index contributed by atoms with van der Waals surface area (Å²) in [7, 11) is -0.493. The summed E-state index contributed by atoms with van der Waals surface area (Å²) in [5.41, 5.74) is 0.967. The molecule has 0 spiro atoms. The van der Waals surface area contributed by atoms with Crippen LogP contribution < -0.4 is 20.1 Å². The number of carbonyl (C=O) groups is 2. The molecular formula is C25H34N4O7S. The molecule has 2 aromatic carbocycles. The van der Waals surface area contributed by atoms with Crippen LogP contribution in [-0.2, 0) is 10.0 Å². The number of fused-ring (bicyclic) bond motifs is 1. The van der Waals surface area contributed by atoms with Crippen LogP contribution in [0, 0.1) is 5.92 Å². The van der Waals surface area contributed by atoms with Gasteiger partial charge in [0.15, 0.2) is 5.75 Å². The highest BCUT2D eigenvalue weighted by Crippen LogP contribution is 2.35. The van der Waals surface area contributed by atoms with Crippen molar-refractivity contribution < 1.29 is 32.6 Å². The van der Waals surface area contributed by atoms with Crippen LogP contribution in [0.3, 0.4) is 0 Å². The zero-order valence-corrected chi connectivity index (χ0v) is 22.4. The van der Waals surface area contributed by atoms with Crippen molar-refractivity contribution in [1.29, 1.82) is 0 Å². The maximum Gasteiger partial charge on any atom is 0.323 e. The first-order valence-electron chi connectivity index (χ1n) is 11.8. The van der Waals surface area contributed by atoms with E-state index < -0.39 is 28.2 Å². The van der Waals surface area contributed by atoms with Crippen LogP contribution in [0.5, 0.6) is 11.5 Å². The summed E-state index contributed by atoms with van der Waals surface area (Å²) < 4.78 is 36.8. The lowest BCUT2D eigenvalue weighted by Gasteiger charge is -2.38. The van der Waals surface area contributed by atoms with Crippen LogP contribution in [0.25, 0.3) is 0 Å². The van der Waals surface area contributed by atoms with Crippen molar-refractivity contribution in [2.45, 2.75) is 26.0 Å². The van der Waals surface area contributed by atoms with Crippen LogP contribution in [0.15, 0.2) is 42.5 Å². The van der Waals surface area contributed by atoms with E-state index in [1.807, 2.05) is 6.92 Å². The van der Waals surface area contributed by atoms with E-state index >= 15 is 0 Å². The number of urea groups is 1. The topological polar surface area (TPSA) is 138 Å². The molecule has 0 saturated carbocycles. The minimum atomic E-state index is -3.49. The third-order valence-electron chi connectivity index (χ3n) is 6.29. The number of nitrogens with zero attached hydrogens (tertiary/aromatic N) is 2. The molecule has 3 atom stereocenters. The number of likely N-dealkylation sites (N-methyl/N-ethyl adjacent to an activating group) is 1. The summed E-state index contributed by atoms with van der Waals surface area (Å²) in [6.45, 7) is 3.61. The number of aliphatic hydroxyl groups excluding tert-OH is 1. The molecule has 3 N–H and O–H groups in total. The van der Waals surface area contributed by atoms with Crippen LogP contribution >= 0.6 is 0 Å². The lowest BCUT2D eigenvalue weighted by atomic mass is 9.99. The second kappa shape index (κ2) is 11.8. The third kappa shape index (κ3) is 6.90. The second-order valence-electron chi connectivity index (χ2n) is 9.16. The normalized spacial score (nSPS) is 18.8. The van der Waals surface area contributed by atoms with Crippen LogP contribution in [0.2, 0.25) is 0 Å². The number of hydrogen-bond donors (Lipinski definition) is 3. The number of anilines is 2. The molecule has 2 aromatic rings. The van der Waals surface area contributed by atoms with Gasteiger partial charge in [-0.2, -0.15) is 0 Å². The molecule has 1 aliphatic heterocycles. The number of rotatable bonds is 8. The number of aliphatic hydroxyl groups is 1. The van der Waals surface area contributed by atoms with E-state index in [0.29, 0.717) is 11.4 Å². The van der Waals surface area contributed by atoms with E-state index in [0.717, 1.165) is 6.26 Å². The number of nitrogens with one attached hydrogen (secondary N) is 2. The number of ether oxygens (including phenoxy) is 2. The number of para-hydroxylation sites is 1.